The average Bonchev–Trinajstić information content (AvgIpc) is 2.59. The van der Waals surface area contributed by atoms with Crippen LogP contribution in [0.15, 0.2) is 60.7 Å². The first kappa shape index (κ1) is 16.4. The lowest BCUT2D eigenvalue weighted by molar-refractivity contribution is -0.139. The smallest absolute Gasteiger partial charge is 0.189 e. The minimum absolute atomic E-state index is 0.126. The molecular formula is C18H20O4. The number of rotatable bonds is 9. The molecule has 1 N–H and O–H groups in total. The van der Waals surface area contributed by atoms with Gasteiger partial charge in [-0.2, -0.15) is 0 Å². The Kier molecular flexibility index (Phi) is 6.77. The Morgan fingerprint density at radius 2 is 1.45 bits per heavy atom. The predicted molar refractivity (Wildman–Crippen MR) is 83.2 cm³/mol. The fraction of sp³-hybridized carbons (Fsp3) is 0.278. The Balaban J connectivity index is 1.82. The molecule has 0 heterocycles. The van der Waals surface area contributed by atoms with E-state index in [1.54, 1.807) is 0 Å². The first-order valence-electron chi connectivity index (χ1n) is 7.20. The lowest BCUT2D eigenvalue weighted by Crippen LogP contribution is -2.31. The number of aliphatic hydroxyl groups is 1. The van der Waals surface area contributed by atoms with Crippen LogP contribution in [0.25, 0.3) is 0 Å². The maximum absolute atomic E-state index is 11.7. The van der Waals surface area contributed by atoms with E-state index >= 15 is 0 Å². The minimum Gasteiger partial charge on any atom is -0.388 e. The lowest BCUT2D eigenvalue weighted by Gasteiger charge is -2.16. The Morgan fingerprint density at radius 1 is 0.909 bits per heavy atom. The number of benzene rings is 2. The molecule has 0 unspecified atom stereocenters. The molecule has 4 nitrogen and oxygen atoms in total. The third kappa shape index (κ3) is 5.41. The van der Waals surface area contributed by atoms with Gasteiger partial charge in [0.05, 0.1) is 19.8 Å². The summed E-state index contributed by atoms with van der Waals surface area (Å²) in [5, 5.41) is 9.03. The van der Waals surface area contributed by atoms with Crippen molar-refractivity contribution in [3.8, 4) is 0 Å². The Hall–Kier alpha value is -2.01. The molecule has 0 saturated heterocycles. The zero-order chi connectivity index (χ0) is 15.6. The summed E-state index contributed by atoms with van der Waals surface area (Å²) in [6.07, 6.45) is -0.756. The van der Waals surface area contributed by atoms with Gasteiger partial charge in [-0.05, 0) is 11.1 Å². The number of hydrogen-bond acceptors (Lipinski definition) is 4. The van der Waals surface area contributed by atoms with Gasteiger partial charge in [0.15, 0.2) is 5.78 Å². The second-order valence-corrected chi connectivity index (χ2v) is 4.91. The van der Waals surface area contributed by atoms with Crippen LogP contribution in [-0.4, -0.2) is 30.2 Å². The molecule has 116 valence electrons. The van der Waals surface area contributed by atoms with Crippen molar-refractivity contribution in [1.82, 2.24) is 0 Å². The topological polar surface area (TPSA) is 55.8 Å². The molecule has 2 aromatic carbocycles. The maximum atomic E-state index is 11.7. The molecule has 2 aromatic rings. The van der Waals surface area contributed by atoms with Gasteiger partial charge in [0.25, 0.3) is 0 Å². The van der Waals surface area contributed by atoms with Gasteiger partial charge >= 0.3 is 0 Å². The van der Waals surface area contributed by atoms with Crippen molar-refractivity contribution >= 4 is 5.78 Å². The van der Waals surface area contributed by atoms with Gasteiger partial charge in [0.2, 0.25) is 0 Å². The van der Waals surface area contributed by atoms with Crippen LogP contribution in [0.1, 0.15) is 11.1 Å². The van der Waals surface area contributed by atoms with E-state index in [1.807, 2.05) is 60.7 Å². The van der Waals surface area contributed by atoms with Crippen LogP contribution in [-0.2, 0) is 27.5 Å². The summed E-state index contributed by atoms with van der Waals surface area (Å²) in [7, 11) is 0. The summed E-state index contributed by atoms with van der Waals surface area (Å²) in [6, 6.07) is 19.3. The third-order valence-corrected chi connectivity index (χ3v) is 3.19. The van der Waals surface area contributed by atoms with E-state index in [0.29, 0.717) is 13.2 Å². The normalized spacial score (nSPS) is 12.0. The quantitative estimate of drug-likeness (QED) is 0.772. The van der Waals surface area contributed by atoms with Gasteiger partial charge in [0.1, 0.15) is 12.7 Å². The standard InChI is InChI=1S/C18H20O4/c19-11-17(20)18(22-13-16-9-5-2-6-10-16)14-21-12-15-7-3-1-4-8-15/h1-10,18-19H,11-14H2/t18-/m0/s1. The average molecular weight is 300 g/mol. The summed E-state index contributed by atoms with van der Waals surface area (Å²) in [4.78, 5) is 11.7. The van der Waals surface area contributed by atoms with Crippen LogP contribution < -0.4 is 0 Å². The third-order valence-electron chi connectivity index (χ3n) is 3.19. The van der Waals surface area contributed by atoms with E-state index in [9.17, 15) is 4.79 Å². The molecule has 0 aliphatic heterocycles. The molecule has 4 heteroatoms. The number of carbonyl (C=O) groups excluding carboxylic acids is 1. The molecule has 0 saturated carbocycles. The number of hydrogen-bond donors (Lipinski definition) is 1. The van der Waals surface area contributed by atoms with Crippen LogP contribution in [0.2, 0.25) is 0 Å². The van der Waals surface area contributed by atoms with Crippen LogP contribution in [0.4, 0.5) is 0 Å². The van der Waals surface area contributed by atoms with Crippen LogP contribution in [0.3, 0.4) is 0 Å². The SMILES string of the molecule is O=C(CO)[C@H](COCc1ccccc1)OCc1ccccc1. The van der Waals surface area contributed by atoms with Gasteiger partial charge < -0.3 is 14.6 Å². The Bertz CT molecular complexity index is 554. The molecule has 0 aliphatic rings. The van der Waals surface area contributed by atoms with Crippen molar-refractivity contribution in [2.45, 2.75) is 19.3 Å². The molecule has 0 bridgehead atoms. The molecular weight excluding hydrogens is 280 g/mol. The summed E-state index contributed by atoms with van der Waals surface area (Å²) < 4.78 is 11.1. The first-order chi connectivity index (χ1) is 10.8. The molecule has 0 spiro atoms. The molecule has 0 radical (unpaired) electrons. The highest BCUT2D eigenvalue weighted by molar-refractivity contribution is 5.84. The molecule has 2 rings (SSSR count). The van der Waals surface area contributed by atoms with E-state index in [2.05, 4.69) is 0 Å². The van der Waals surface area contributed by atoms with E-state index in [0.717, 1.165) is 11.1 Å². The second kappa shape index (κ2) is 9.10. The maximum Gasteiger partial charge on any atom is 0.189 e. The number of carbonyl (C=O) groups is 1. The van der Waals surface area contributed by atoms with Crippen molar-refractivity contribution in [1.29, 1.82) is 0 Å². The fourth-order valence-electron chi connectivity index (χ4n) is 1.96. The number of ketones is 1. The van der Waals surface area contributed by atoms with Crippen molar-refractivity contribution < 1.29 is 19.4 Å². The zero-order valence-corrected chi connectivity index (χ0v) is 12.4. The monoisotopic (exact) mass is 300 g/mol. The first-order valence-corrected chi connectivity index (χ1v) is 7.20. The summed E-state index contributed by atoms with van der Waals surface area (Å²) in [5.41, 5.74) is 2.00. The van der Waals surface area contributed by atoms with E-state index in [1.165, 1.54) is 0 Å². The van der Waals surface area contributed by atoms with Crippen LogP contribution in [0.5, 0.6) is 0 Å². The minimum atomic E-state index is -0.756. The number of ether oxygens (including phenoxy) is 2. The molecule has 0 aliphatic carbocycles. The molecule has 1 atom stereocenters. The van der Waals surface area contributed by atoms with Gasteiger partial charge in [0, 0.05) is 0 Å². The van der Waals surface area contributed by atoms with Crippen LogP contribution >= 0.6 is 0 Å². The van der Waals surface area contributed by atoms with Gasteiger partial charge in [-0.25, -0.2) is 0 Å². The fourth-order valence-corrected chi connectivity index (χ4v) is 1.96. The number of aliphatic hydroxyl groups excluding tert-OH is 1. The van der Waals surface area contributed by atoms with Gasteiger partial charge in [-0.1, -0.05) is 60.7 Å². The summed E-state index contributed by atoms with van der Waals surface area (Å²) >= 11 is 0. The molecule has 0 amide bonds. The second-order valence-electron chi connectivity index (χ2n) is 4.91. The zero-order valence-electron chi connectivity index (χ0n) is 12.4. The van der Waals surface area contributed by atoms with Gasteiger partial charge in [-0.3, -0.25) is 4.79 Å². The van der Waals surface area contributed by atoms with E-state index < -0.39 is 12.7 Å². The Labute approximate surface area is 130 Å². The molecule has 0 aromatic heterocycles. The van der Waals surface area contributed by atoms with Crippen molar-refractivity contribution in [2.24, 2.45) is 0 Å². The Morgan fingerprint density at radius 3 is 2.00 bits per heavy atom. The predicted octanol–water partition coefficient (Wildman–Crippen LogP) is 2.35. The summed E-state index contributed by atoms with van der Waals surface area (Å²) in [5.74, 6) is -0.371. The summed E-state index contributed by atoms with van der Waals surface area (Å²) in [6.45, 7) is 0.298. The van der Waals surface area contributed by atoms with Crippen molar-refractivity contribution in [3.05, 3.63) is 71.8 Å². The highest BCUT2D eigenvalue weighted by atomic mass is 16.5. The van der Waals surface area contributed by atoms with E-state index in [4.69, 9.17) is 14.6 Å². The molecule has 0 fully saturated rings. The van der Waals surface area contributed by atoms with Gasteiger partial charge in [-0.15, -0.1) is 0 Å². The van der Waals surface area contributed by atoms with Crippen molar-refractivity contribution in [3.63, 3.8) is 0 Å². The van der Waals surface area contributed by atoms with Crippen molar-refractivity contribution in [2.75, 3.05) is 13.2 Å². The number of Topliss-reactive ketones (excluding diaryl/α,β-unsaturated/α-hetero) is 1. The lowest BCUT2D eigenvalue weighted by atomic mass is 10.2. The highest BCUT2D eigenvalue weighted by Crippen LogP contribution is 2.07. The van der Waals surface area contributed by atoms with E-state index in [-0.39, 0.29) is 12.4 Å². The highest BCUT2D eigenvalue weighted by Gasteiger charge is 2.18. The largest absolute Gasteiger partial charge is 0.388 e. The molecule has 22 heavy (non-hydrogen) atoms. The van der Waals surface area contributed by atoms with Crippen LogP contribution in [0, 0.1) is 0 Å².